The summed E-state index contributed by atoms with van der Waals surface area (Å²) in [6.45, 7) is 0.644. The van der Waals surface area contributed by atoms with E-state index in [-0.39, 0.29) is 29.5 Å². The van der Waals surface area contributed by atoms with Crippen LogP contribution in [0.5, 0.6) is 0 Å². The number of rotatable bonds is 3. The summed E-state index contributed by atoms with van der Waals surface area (Å²) in [7, 11) is 6.29. The highest BCUT2D eigenvalue weighted by atomic mass is 35.5. The van der Waals surface area contributed by atoms with Gasteiger partial charge in [0, 0.05) is 17.9 Å². The Kier molecular flexibility index (Phi) is 3.98. The molecule has 2 unspecified atom stereocenters. The smallest absolute Gasteiger partial charge is 0.201 e. The van der Waals surface area contributed by atoms with Crippen molar-refractivity contribution in [3.8, 4) is 0 Å². The standard InChI is InChI=1S/C19H24ClNO6/c1-21-6-5-17-8-10(22)14(26-3)16(27-4)18(17,21)9-12(20)19(17)13(23)7-11(25-2)15(19)24/h7,12,15,24H,5-6,8-9H2,1-4H3/t12?,15-,17+,18+,19?/m0/s1. The number of halogens is 1. The first-order chi connectivity index (χ1) is 12.8. The Morgan fingerprint density at radius 2 is 1.93 bits per heavy atom. The molecule has 1 saturated carbocycles. The van der Waals surface area contributed by atoms with E-state index in [0.717, 1.165) is 0 Å². The molecule has 5 atom stereocenters. The molecular formula is C19H24ClNO6. The van der Waals surface area contributed by atoms with Gasteiger partial charge in [0.05, 0.1) is 37.7 Å². The van der Waals surface area contributed by atoms with Gasteiger partial charge in [0.15, 0.2) is 11.5 Å². The first-order valence-electron chi connectivity index (χ1n) is 8.97. The second kappa shape index (κ2) is 5.72. The van der Waals surface area contributed by atoms with Crippen LogP contribution in [0, 0.1) is 10.8 Å². The van der Waals surface area contributed by atoms with Crippen LogP contribution < -0.4 is 0 Å². The summed E-state index contributed by atoms with van der Waals surface area (Å²) in [5, 5.41) is 10.5. The highest BCUT2D eigenvalue weighted by molar-refractivity contribution is 6.25. The topological polar surface area (TPSA) is 85.3 Å². The number of aliphatic hydroxyl groups excluding tert-OH is 1. The van der Waals surface area contributed by atoms with Gasteiger partial charge in [-0.3, -0.25) is 14.5 Å². The Hall–Kier alpha value is -1.57. The molecular weight excluding hydrogens is 374 g/mol. The zero-order valence-electron chi connectivity index (χ0n) is 15.9. The molecule has 27 heavy (non-hydrogen) atoms. The van der Waals surface area contributed by atoms with Crippen molar-refractivity contribution >= 4 is 23.2 Å². The van der Waals surface area contributed by atoms with E-state index in [4.69, 9.17) is 25.8 Å². The van der Waals surface area contributed by atoms with Gasteiger partial charge in [-0.05, 0) is 26.4 Å². The van der Waals surface area contributed by atoms with Crippen LogP contribution in [-0.2, 0) is 23.8 Å². The summed E-state index contributed by atoms with van der Waals surface area (Å²) in [4.78, 5) is 28.4. The monoisotopic (exact) mass is 397 g/mol. The van der Waals surface area contributed by atoms with Gasteiger partial charge in [-0.1, -0.05) is 0 Å². The molecule has 2 fully saturated rings. The third-order valence-corrected chi connectivity index (χ3v) is 7.90. The van der Waals surface area contributed by atoms with E-state index in [1.807, 2.05) is 7.05 Å². The second-order valence-corrected chi connectivity index (χ2v) is 8.37. The minimum atomic E-state index is -1.34. The summed E-state index contributed by atoms with van der Waals surface area (Å²) >= 11 is 6.85. The van der Waals surface area contributed by atoms with E-state index in [9.17, 15) is 14.7 Å². The van der Waals surface area contributed by atoms with E-state index in [1.54, 1.807) is 0 Å². The van der Waals surface area contributed by atoms with Crippen LogP contribution in [-0.4, -0.2) is 73.5 Å². The van der Waals surface area contributed by atoms with Crippen LogP contribution >= 0.6 is 11.6 Å². The molecule has 3 aliphatic carbocycles. The van der Waals surface area contributed by atoms with Crippen LogP contribution in [0.25, 0.3) is 0 Å². The van der Waals surface area contributed by atoms with Crippen molar-refractivity contribution in [3.63, 3.8) is 0 Å². The Balaban J connectivity index is 2.04. The molecule has 1 aliphatic heterocycles. The number of Topliss-reactive ketones (excluding diaryl/α,β-unsaturated/α-hetero) is 1. The lowest BCUT2D eigenvalue weighted by Crippen LogP contribution is -2.63. The van der Waals surface area contributed by atoms with E-state index in [0.29, 0.717) is 25.1 Å². The molecule has 0 bridgehead atoms. The van der Waals surface area contributed by atoms with Crippen molar-refractivity contribution in [2.45, 2.75) is 36.3 Å². The lowest BCUT2D eigenvalue weighted by Gasteiger charge is -2.53. The number of ether oxygens (including phenoxy) is 3. The molecule has 0 aromatic heterocycles. The first kappa shape index (κ1) is 18.8. The maximum Gasteiger partial charge on any atom is 0.201 e. The van der Waals surface area contributed by atoms with E-state index >= 15 is 0 Å². The van der Waals surface area contributed by atoms with Gasteiger partial charge in [-0.2, -0.15) is 0 Å². The molecule has 7 nitrogen and oxygen atoms in total. The van der Waals surface area contributed by atoms with Crippen molar-refractivity contribution in [3.05, 3.63) is 23.4 Å². The minimum absolute atomic E-state index is 0.0597. The number of hydrogen-bond donors (Lipinski definition) is 1. The van der Waals surface area contributed by atoms with E-state index in [1.165, 1.54) is 27.4 Å². The van der Waals surface area contributed by atoms with Gasteiger partial charge in [-0.15, -0.1) is 11.6 Å². The molecule has 0 amide bonds. The molecule has 1 heterocycles. The number of alkyl halides is 1. The highest BCUT2D eigenvalue weighted by Crippen LogP contribution is 2.74. The summed E-state index contributed by atoms with van der Waals surface area (Å²) in [5.41, 5.74) is -3.05. The maximum absolute atomic E-state index is 13.3. The number of hydrogen-bond acceptors (Lipinski definition) is 7. The molecule has 4 rings (SSSR count). The largest absolute Gasteiger partial charge is 0.498 e. The van der Waals surface area contributed by atoms with Crippen molar-refractivity contribution in [2.24, 2.45) is 10.8 Å². The molecule has 148 valence electrons. The van der Waals surface area contributed by atoms with E-state index in [2.05, 4.69) is 4.90 Å². The van der Waals surface area contributed by atoms with Crippen LogP contribution in [0.15, 0.2) is 23.4 Å². The number of methoxy groups -OCH3 is 3. The number of carbonyl (C=O) groups excluding carboxylic acids is 2. The molecule has 1 spiro atoms. The number of aliphatic hydroxyl groups is 1. The lowest BCUT2D eigenvalue weighted by molar-refractivity contribution is -0.148. The van der Waals surface area contributed by atoms with Crippen molar-refractivity contribution in [1.82, 2.24) is 4.90 Å². The van der Waals surface area contributed by atoms with Crippen molar-refractivity contribution < 1.29 is 28.9 Å². The van der Waals surface area contributed by atoms with Gasteiger partial charge in [0.1, 0.15) is 11.9 Å². The van der Waals surface area contributed by atoms with Crippen LogP contribution in [0.4, 0.5) is 0 Å². The number of ketones is 2. The Labute approximate surface area is 162 Å². The fraction of sp³-hybridized carbons (Fsp3) is 0.684. The predicted octanol–water partition coefficient (Wildman–Crippen LogP) is 0.996. The van der Waals surface area contributed by atoms with Gasteiger partial charge >= 0.3 is 0 Å². The maximum atomic E-state index is 13.3. The van der Waals surface area contributed by atoms with Crippen LogP contribution in [0.3, 0.4) is 0 Å². The molecule has 0 aromatic carbocycles. The summed E-state index contributed by atoms with van der Waals surface area (Å²) < 4.78 is 16.4. The quantitative estimate of drug-likeness (QED) is 0.711. The zero-order valence-corrected chi connectivity index (χ0v) is 16.6. The number of likely N-dealkylation sites (N-methyl/N-ethyl adjacent to an activating group) is 1. The lowest BCUT2D eigenvalue weighted by atomic mass is 9.52. The summed E-state index contributed by atoms with van der Waals surface area (Å²) in [6, 6.07) is 0. The molecule has 0 radical (unpaired) electrons. The van der Waals surface area contributed by atoms with Crippen molar-refractivity contribution in [2.75, 3.05) is 34.9 Å². The van der Waals surface area contributed by atoms with E-state index < -0.39 is 27.8 Å². The Bertz CT molecular complexity index is 793. The van der Waals surface area contributed by atoms with Gasteiger partial charge in [0.25, 0.3) is 0 Å². The zero-order chi connectivity index (χ0) is 19.8. The average molecular weight is 398 g/mol. The summed E-state index contributed by atoms with van der Waals surface area (Å²) in [5.74, 6) is 0.236. The molecule has 1 saturated heterocycles. The van der Waals surface area contributed by atoms with Crippen molar-refractivity contribution in [1.29, 1.82) is 0 Å². The fourth-order valence-electron chi connectivity index (χ4n) is 6.42. The van der Waals surface area contributed by atoms with Crippen LogP contribution in [0.1, 0.15) is 19.3 Å². The van der Waals surface area contributed by atoms with Gasteiger partial charge in [-0.25, -0.2) is 0 Å². The normalized spacial score (nSPS) is 43.9. The number of nitrogens with zero attached hydrogens (tertiary/aromatic N) is 1. The minimum Gasteiger partial charge on any atom is -0.498 e. The molecule has 0 aromatic rings. The first-order valence-corrected chi connectivity index (χ1v) is 9.41. The number of likely N-dealkylation sites (tertiary alicyclic amines) is 1. The Morgan fingerprint density at radius 1 is 1.22 bits per heavy atom. The average Bonchev–Trinajstić information content (AvgIpc) is 3.15. The number of allylic oxidation sites excluding steroid dienone is 2. The second-order valence-electron chi connectivity index (χ2n) is 7.84. The summed E-state index contributed by atoms with van der Waals surface area (Å²) in [6.07, 6.45) is 1.08. The number of carbonyl (C=O) groups is 2. The van der Waals surface area contributed by atoms with Gasteiger partial charge < -0.3 is 19.3 Å². The SMILES string of the molecule is COC1=CC(=O)C2(C(Cl)C[C@@]34C(OC)=C(OC)C(=O)C[C@@]23CCN4C)[C@H]1O. The fourth-order valence-corrected chi connectivity index (χ4v) is 7.08. The molecule has 4 aliphatic rings. The van der Waals surface area contributed by atoms with Gasteiger partial charge in [0.2, 0.25) is 11.5 Å². The van der Waals surface area contributed by atoms with Crippen LogP contribution in [0.2, 0.25) is 0 Å². The third kappa shape index (κ3) is 1.72. The third-order valence-electron chi connectivity index (χ3n) is 7.40. The Morgan fingerprint density at radius 3 is 2.48 bits per heavy atom. The molecule has 8 heteroatoms. The molecule has 1 N–H and O–H groups in total. The predicted molar refractivity (Wildman–Crippen MR) is 95.9 cm³/mol. The highest BCUT2D eigenvalue weighted by Gasteiger charge is 2.83.